The van der Waals surface area contributed by atoms with E-state index >= 15 is 0 Å². The Morgan fingerprint density at radius 1 is 1.17 bits per heavy atom. The fraction of sp³-hybridized carbons (Fsp3) is 1.00. The second-order valence-electron chi connectivity index (χ2n) is 4.58. The van der Waals surface area contributed by atoms with Crippen LogP contribution in [0.5, 0.6) is 0 Å². The lowest BCUT2D eigenvalue weighted by Gasteiger charge is -2.21. The Bertz CT molecular complexity index is 116. The van der Waals surface area contributed by atoms with E-state index in [-0.39, 0.29) is 0 Å². The lowest BCUT2D eigenvalue weighted by Crippen LogP contribution is -2.20. The molecule has 0 aromatic heterocycles. The molecule has 1 aliphatic rings. The third-order valence-electron chi connectivity index (χ3n) is 3.52. The van der Waals surface area contributed by atoms with E-state index in [4.69, 9.17) is 5.73 Å². The third kappa shape index (κ3) is 2.78. The Kier molecular flexibility index (Phi) is 4.07. The molecule has 2 N–H and O–H groups in total. The first-order chi connectivity index (χ1) is 5.74. The molecular weight excluding hydrogens is 146 g/mol. The van der Waals surface area contributed by atoms with Gasteiger partial charge in [0, 0.05) is 0 Å². The predicted octanol–water partition coefficient (Wildman–Crippen LogP) is 2.80. The van der Waals surface area contributed by atoms with E-state index in [0.29, 0.717) is 5.92 Å². The van der Waals surface area contributed by atoms with Crippen molar-refractivity contribution in [2.75, 3.05) is 6.54 Å². The van der Waals surface area contributed by atoms with Crippen molar-refractivity contribution < 1.29 is 0 Å². The molecule has 0 saturated heterocycles. The van der Waals surface area contributed by atoms with Crippen molar-refractivity contribution in [2.24, 2.45) is 23.5 Å². The topological polar surface area (TPSA) is 26.0 Å². The minimum absolute atomic E-state index is 0.714. The van der Waals surface area contributed by atoms with Gasteiger partial charge in [-0.25, -0.2) is 0 Å². The minimum atomic E-state index is 0.714. The molecule has 1 nitrogen and oxygen atoms in total. The molecule has 12 heavy (non-hydrogen) atoms. The molecule has 1 fully saturated rings. The predicted molar refractivity (Wildman–Crippen MR) is 54.0 cm³/mol. The van der Waals surface area contributed by atoms with Crippen LogP contribution in [0.25, 0.3) is 0 Å². The second-order valence-corrected chi connectivity index (χ2v) is 4.58. The molecule has 1 aliphatic carbocycles. The zero-order valence-corrected chi connectivity index (χ0v) is 8.55. The van der Waals surface area contributed by atoms with Gasteiger partial charge in [0.2, 0.25) is 0 Å². The molecule has 1 saturated carbocycles. The Morgan fingerprint density at radius 2 is 1.75 bits per heavy atom. The maximum Gasteiger partial charge on any atom is -0.00490 e. The van der Waals surface area contributed by atoms with Gasteiger partial charge in [0.05, 0.1) is 0 Å². The lowest BCUT2D eigenvalue weighted by atomic mass is 9.86. The van der Waals surface area contributed by atoms with Crippen LogP contribution in [-0.4, -0.2) is 6.54 Å². The number of hydrogen-bond acceptors (Lipinski definition) is 1. The van der Waals surface area contributed by atoms with Crippen molar-refractivity contribution in [3.63, 3.8) is 0 Å². The van der Waals surface area contributed by atoms with Gasteiger partial charge in [-0.05, 0) is 30.7 Å². The Morgan fingerprint density at radius 3 is 2.25 bits per heavy atom. The van der Waals surface area contributed by atoms with Gasteiger partial charge in [0.1, 0.15) is 0 Å². The average molecular weight is 169 g/mol. The van der Waals surface area contributed by atoms with Crippen molar-refractivity contribution in [3.8, 4) is 0 Å². The number of nitrogens with two attached hydrogens (primary N) is 1. The highest BCUT2D eigenvalue weighted by atomic mass is 14.5. The molecule has 72 valence electrons. The highest BCUT2D eigenvalue weighted by molar-refractivity contribution is 4.72. The smallest absolute Gasteiger partial charge is 0.00490 e. The standard InChI is InChI=1S/C11H23N/c1-9(10(2)8-12)7-11-5-3-4-6-11/h9-11H,3-8,12H2,1-2H3. The van der Waals surface area contributed by atoms with Gasteiger partial charge in [0.15, 0.2) is 0 Å². The van der Waals surface area contributed by atoms with Gasteiger partial charge < -0.3 is 5.73 Å². The van der Waals surface area contributed by atoms with E-state index in [1.807, 2.05) is 0 Å². The summed E-state index contributed by atoms with van der Waals surface area (Å²) in [7, 11) is 0. The third-order valence-corrected chi connectivity index (χ3v) is 3.52. The maximum atomic E-state index is 5.65. The van der Waals surface area contributed by atoms with E-state index < -0.39 is 0 Å². The molecular formula is C11H23N. The van der Waals surface area contributed by atoms with E-state index in [1.54, 1.807) is 0 Å². The van der Waals surface area contributed by atoms with Gasteiger partial charge in [0.25, 0.3) is 0 Å². The highest BCUT2D eigenvalue weighted by Crippen LogP contribution is 2.32. The van der Waals surface area contributed by atoms with E-state index in [0.717, 1.165) is 18.4 Å². The summed E-state index contributed by atoms with van der Waals surface area (Å²) in [5.74, 6) is 2.57. The first kappa shape index (κ1) is 10.0. The van der Waals surface area contributed by atoms with Crippen molar-refractivity contribution in [3.05, 3.63) is 0 Å². The molecule has 0 spiro atoms. The summed E-state index contributed by atoms with van der Waals surface area (Å²) in [6, 6.07) is 0. The van der Waals surface area contributed by atoms with Crippen molar-refractivity contribution in [1.29, 1.82) is 0 Å². The first-order valence-corrected chi connectivity index (χ1v) is 5.44. The molecule has 0 aromatic rings. The van der Waals surface area contributed by atoms with E-state index in [2.05, 4.69) is 13.8 Å². The van der Waals surface area contributed by atoms with Crippen molar-refractivity contribution in [1.82, 2.24) is 0 Å². The summed E-state index contributed by atoms with van der Waals surface area (Å²) in [4.78, 5) is 0. The Labute approximate surface area is 76.7 Å². The van der Waals surface area contributed by atoms with Crippen LogP contribution in [0.3, 0.4) is 0 Å². The van der Waals surface area contributed by atoms with Gasteiger partial charge >= 0.3 is 0 Å². The molecule has 0 amide bonds. The largest absolute Gasteiger partial charge is 0.330 e. The number of hydrogen-bond donors (Lipinski definition) is 1. The molecule has 0 heterocycles. The van der Waals surface area contributed by atoms with Crippen LogP contribution in [0.4, 0.5) is 0 Å². The average Bonchev–Trinajstić information content (AvgIpc) is 2.55. The maximum absolute atomic E-state index is 5.65. The van der Waals surface area contributed by atoms with Crippen LogP contribution >= 0.6 is 0 Å². The van der Waals surface area contributed by atoms with Crippen LogP contribution in [0, 0.1) is 17.8 Å². The summed E-state index contributed by atoms with van der Waals surface area (Å²) >= 11 is 0. The quantitative estimate of drug-likeness (QED) is 0.688. The van der Waals surface area contributed by atoms with Crippen LogP contribution in [0.1, 0.15) is 46.0 Å². The summed E-state index contributed by atoms with van der Waals surface area (Å²) in [5, 5.41) is 0. The molecule has 1 heteroatoms. The zero-order chi connectivity index (χ0) is 8.97. The molecule has 0 bridgehead atoms. The van der Waals surface area contributed by atoms with Crippen LogP contribution in [-0.2, 0) is 0 Å². The number of rotatable bonds is 4. The minimum Gasteiger partial charge on any atom is -0.330 e. The fourth-order valence-corrected chi connectivity index (χ4v) is 2.24. The highest BCUT2D eigenvalue weighted by Gasteiger charge is 2.20. The summed E-state index contributed by atoms with van der Waals surface area (Å²) in [5.41, 5.74) is 5.65. The Hall–Kier alpha value is -0.0400. The second kappa shape index (κ2) is 4.86. The molecule has 0 radical (unpaired) electrons. The van der Waals surface area contributed by atoms with Gasteiger partial charge in [-0.15, -0.1) is 0 Å². The Balaban J connectivity index is 2.19. The molecule has 1 rings (SSSR count). The van der Waals surface area contributed by atoms with Gasteiger partial charge in [-0.1, -0.05) is 39.5 Å². The molecule has 2 atom stereocenters. The van der Waals surface area contributed by atoms with Crippen LogP contribution in [0.15, 0.2) is 0 Å². The van der Waals surface area contributed by atoms with Gasteiger partial charge in [-0.3, -0.25) is 0 Å². The monoisotopic (exact) mass is 169 g/mol. The normalized spacial score (nSPS) is 24.2. The zero-order valence-electron chi connectivity index (χ0n) is 8.55. The summed E-state index contributed by atoms with van der Waals surface area (Å²) in [6.45, 7) is 5.49. The van der Waals surface area contributed by atoms with Crippen LogP contribution in [0.2, 0.25) is 0 Å². The van der Waals surface area contributed by atoms with E-state index in [1.165, 1.54) is 32.1 Å². The molecule has 0 aromatic carbocycles. The molecule has 2 unspecified atom stereocenters. The van der Waals surface area contributed by atoms with Crippen molar-refractivity contribution in [2.45, 2.75) is 46.0 Å². The van der Waals surface area contributed by atoms with Crippen molar-refractivity contribution >= 4 is 0 Å². The fourth-order valence-electron chi connectivity index (χ4n) is 2.24. The first-order valence-electron chi connectivity index (χ1n) is 5.44. The summed E-state index contributed by atoms with van der Waals surface area (Å²) in [6.07, 6.45) is 7.30. The SMILES string of the molecule is CC(CN)C(C)CC1CCCC1. The lowest BCUT2D eigenvalue weighted by molar-refractivity contribution is 0.310. The van der Waals surface area contributed by atoms with E-state index in [9.17, 15) is 0 Å². The molecule has 0 aliphatic heterocycles. The van der Waals surface area contributed by atoms with Gasteiger partial charge in [-0.2, -0.15) is 0 Å². The van der Waals surface area contributed by atoms with Crippen LogP contribution < -0.4 is 5.73 Å². The summed E-state index contributed by atoms with van der Waals surface area (Å²) < 4.78 is 0.